The Balaban J connectivity index is 1.54. The molecule has 2 heterocycles. The number of rotatable bonds is 11. The van der Waals surface area contributed by atoms with Crippen LogP contribution in [0.1, 0.15) is 132 Å². The van der Waals surface area contributed by atoms with E-state index in [2.05, 4.69) is 67.3 Å². The standard InChI is InChI=1S/C29H55N3O4/c1-26(2)18-22(19-27(3,4)31(26)9)35-24(33)16-14-12-10-11-13-15-17-25(34)36-23-20-28(5,6)32(30)29(7,8)21-23/h22-23H,10-21,30H2,1-9H3. The number of nitrogens with two attached hydrogens (primary N) is 1. The fraction of sp³-hybridized carbons (Fsp3) is 0.931. The zero-order valence-electron chi connectivity index (χ0n) is 24.7. The van der Waals surface area contributed by atoms with Gasteiger partial charge in [-0.3, -0.25) is 20.3 Å². The largest absolute Gasteiger partial charge is 0.462 e. The highest BCUT2D eigenvalue weighted by molar-refractivity contribution is 5.69. The molecule has 0 aliphatic carbocycles. The number of piperidine rings is 2. The summed E-state index contributed by atoms with van der Waals surface area (Å²) in [5, 5.41) is 1.90. The molecule has 2 aliphatic rings. The maximum Gasteiger partial charge on any atom is 0.306 e. The third kappa shape index (κ3) is 8.70. The second kappa shape index (κ2) is 12.1. The molecule has 7 nitrogen and oxygen atoms in total. The van der Waals surface area contributed by atoms with E-state index in [1.165, 1.54) is 0 Å². The molecule has 2 aliphatic heterocycles. The molecule has 2 saturated heterocycles. The van der Waals surface area contributed by atoms with Gasteiger partial charge in [-0.05, 0) is 75.3 Å². The molecule has 0 unspecified atom stereocenters. The third-order valence-electron chi connectivity index (χ3n) is 8.64. The molecule has 0 aromatic heterocycles. The van der Waals surface area contributed by atoms with Crippen molar-refractivity contribution in [3.05, 3.63) is 0 Å². The Labute approximate surface area is 220 Å². The lowest BCUT2D eigenvalue weighted by Crippen LogP contribution is -2.65. The van der Waals surface area contributed by atoms with Crippen molar-refractivity contribution < 1.29 is 19.1 Å². The molecule has 2 N–H and O–H groups in total. The molecule has 0 aromatic rings. The predicted octanol–water partition coefficient (Wildman–Crippen LogP) is 5.74. The Morgan fingerprint density at radius 1 is 0.639 bits per heavy atom. The number of unbranched alkanes of at least 4 members (excludes halogenated alkanes) is 5. The highest BCUT2D eigenvalue weighted by atomic mass is 16.5. The summed E-state index contributed by atoms with van der Waals surface area (Å²) in [6, 6.07) is 0. The lowest BCUT2D eigenvalue weighted by molar-refractivity contribution is -0.161. The monoisotopic (exact) mass is 509 g/mol. The van der Waals surface area contributed by atoms with Crippen LogP contribution in [0.5, 0.6) is 0 Å². The molecule has 0 spiro atoms. The van der Waals surface area contributed by atoms with Gasteiger partial charge in [-0.15, -0.1) is 0 Å². The van der Waals surface area contributed by atoms with Crippen LogP contribution in [0.25, 0.3) is 0 Å². The second-order valence-corrected chi connectivity index (χ2v) is 13.8. The maximum absolute atomic E-state index is 12.4. The Bertz CT molecular complexity index is 649. The number of hydrogen-bond donors (Lipinski definition) is 1. The summed E-state index contributed by atoms with van der Waals surface area (Å²) >= 11 is 0. The third-order valence-corrected chi connectivity index (χ3v) is 8.64. The molecular weight excluding hydrogens is 454 g/mol. The first-order valence-electron chi connectivity index (χ1n) is 14.1. The molecule has 0 radical (unpaired) electrons. The minimum atomic E-state index is -0.195. The summed E-state index contributed by atoms with van der Waals surface area (Å²) in [5.41, 5.74) is -0.346. The van der Waals surface area contributed by atoms with Crippen LogP contribution in [0.15, 0.2) is 0 Å². The Hall–Kier alpha value is -1.18. The summed E-state index contributed by atoms with van der Waals surface area (Å²) in [6.07, 6.45) is 10.1. The van der Waals surface area contributed by atoms with Gasteiger partial charge in [-0.2, -0.15) is 0 Å². The topological polar surface area (TPSA) is 85.1 Å². The van der Waals surface area contributed by atoms with E-state index in [0.29, 0.717) is 12.8 Å². The fourth-order valence-electron chi connectivity index (χ4n) is 6.38. The average Bonchev–Trinajstić information content (AvgIpc) is 2.71. The quantitative estimate of drug-likeness (QED) is 0.216. The molecule has 0 amide bonds. The van der Waals surface area contributed by atoms with E-state index in [0.717, 1.165) is 64.2 Å². The molecule has 210 valence electrons. The van der Waals surface area contributed by atoms with Crippen LogP contribution < -0.4 is 5.84 Å². The van der Waals surface area contributed by atoms with E-state index in [1.54, 1.807) is 0 Å². The molecule has 0 atom stereocenters. The molecule has 7 heteroatoms. The van der Waals surface area contributed by atoms with Gasteiger partial charge in [0.15, 0.2) is 0 Å². The van der Waals surface area contributed by atoms with Gasteiger partial charge in [0.1, 0.15) is 12.2 Å². The summed E-state index contributed by atoms with van der Waals surface area (Å²) in [4.78, 5) is 27.2. The number of carbonyl (C=O) groups is 2. The molecule has 0 saturated carbocycles. The first-order chi connectivity index (χ1) is 16.5. The molecule has 0 aromatic carbocycles. The zero-order valence-corrected chi connectivity index (χ0v) is 24.7. The summed E-state index contributed by atoms with van der Waals surface area (Å²) in [6.45, 7) is 17.3. The van der Waals surface area contributed by atoms with E-state index < -0.39 is 0 Å². The molecule has 2 rings (SSSR count). The lowest BCUT2D eigenvalue weighted by atomic mass is 9.79. The van der Waals surface area contributed by atoms with Gasteiger partial charge in [0.05, 0.1) is 0 Å². The van der Waals surface area contributed by atoms with Gasteiger partial charge in [0.2, 0.25) is 0 Å². The Morgan fingerprint density at radius 3 is 1.31 bits per heavy atom. The number of carbonyl (C=O) groups excluding carboxylic acids is 2. The predicted molar refractivity (Wildman–Crippen MR) is 145 cm³/mol. The van der Waals surface area contributed by atoms with E-state index in [1.807, 2.05) is 5.01 Å². The van der Waals surface area contributed by atoms with Crippen molar-refractivity contribution in [2.45, 2.75) is 167 Å². The van der Waals surface area contributed by atoms with Crippen molar-refractivity contribution in [3.63, 3.8) is 0 Å². The summed E-state index contributed by atoms with van der Waals surface area (Å²) < 4.78 is 11.7. The van der Waals surface area contributed by atoms with Gasteiger partial charge in [0, 0.05) is 60.7 Å². The first kappa shape index (κ1) is 31.0. The van der Waals surface area contributed by atoms with E-state index in [9.17, 15) is 9.59 Å². The van der Waals surface area contributed by atoms with Crippen LogP contribution in [0.2, 0.25) is 0 Å². The summed E-state index contributed by atoms with van der Waals surface area (Å²) in [7, 11) is 2.16. The fourth-order valence-corrected chi connectivity index (χ4v) is 6.38. The molecule has 0 bridgehead atoms. The maximum atomic E-state index is 12.4. The van der Waals surface area contributed by atoms with Gasteiger partial charge in [-0.1, -0.05) is 25.7 Å². The minimum Gasteiger partial charge on any atom is -0.462 e. The van der Waals surface area contributed by atoms with Gasteiger partial charge in [0.25, 0.3) is 0 Å². The van der Waals surface area contributed by atoms with Crippen molar-refractivity contribution in [2.24, 2.45) is 5.84 Å². The van der Waals surface area contributed by atoms with Gasteiger partial charge in [-0.25, -0.2) is 5.01 Å². The van der Waals surface area contributed by atoms with Crippen LogP contribution in [0.4, 0.5) is 0 Å². The van der Waals surface area contributed by atoms with Crippen LogP contribution >= 0.6 is 0 Å². The molecule has 36 heavy (non-hydrogen) atoms. The lowest BCUT2D eigenvalue weighted by Gasteiger charge is -2.53. The SMILES string of the molecule is CN1C(C)(C)CC(OC(=O)CCCCCCCCC(=O)OC2CC(C)(C)N(N)C(C)(C)C2)CC1(C)C. The number of likely N-dealkylation sites (tertiary alicyclic amines) is 1. The number of hydrogen-bond acceptors (Lipinski definition) is 7. The van der Waals surface area contributed by atoms with Crippen molar-refractivity contribution in [2.75, 3.05) is 7.05 Å². The van der Waals surface area contributed by atoms with Crippen LogP contribution in [0.3, 0.4) is 0 Å². The smallest absolute Gasteiger partial charge is 0.306 e. The normalized spacial score (nSPS) is 24.4. The van der Waals surface area contributed by atoms with Crippen molar-refractivity contribution >= 4 is 11.9 Å². The number of ether oxygens (including phenoxy) is 2. The second-order valence-electron chi connectivity index (χ2n) is 13.8. The van der Waals surface area contributed by atoms with Crippen molar-refractivity contribution in [3.8, 4) is 0 Å². The van der Waals surface area contributed by atoms with Crippen LogP contribution in [0, 0.1) is 0 Å². The van der Waals surface area contributed by atoms with Crippen LogP contribution in [-0.4, -0.2) is 63.3 Å². The number of hydrazine groups is 1. The zero-order chi connectivity index (χ0) is 27.4. The Kier molecular flexibility index (Phi) is 10.5. The minimum absolute atomic E-state index is 0.00143. The van der Waals surface area contributed by atoms with Gasteiger partial charge < -0.3 is 9.47 Å². The van der Waals surface area contributed by atoms with Crippen LogP contribution in [-0.2, 0) is 19.1 Å². The number of esters is 2. The van der Waals surface area contributed by atoms with E-state index in [4.69, 9.17) is 15.3 Å². The summed E-state index contributed by atoms with van der Waals surface area (Å²) in [5.74, 6) is 6.12. The molecular formula is C29H55N3O4. The Morgan fingerprint density at radius 2 is 0.944 bits per heavy atom. The molecule has 2 fully saturated rings. The van der Waals surface area contributed by atoms with Crippen molar-refractivity contribution in [1.82, 2.24) is 9.91 Å². The van der Waals surface area contributed by atoms with E-state index in [-0.39, 0.29) is 46.3 Å². The first-order valence-corrected chi connectivity index (χ1v) is 14.1. The van der Waals surface area contributed by atoms with E-state index >= 15 is 0 Å². The number of nitrogens with zero attached hydrogens (tertiary/aromatic N) is 2. The highest BCUT2D eigenvalue weighted by Gasteiger charge is 2.45. The highest BCUT2D eigenvalue weighted by Crippen LogP contribution is 2.39. The average molecular weight is 510 g/mol. The van der Waals surface area contributed by atoms with Gasteiger partial charge >= 0.3 is 11.9 Å². The van der Waals surface area contributed by atoms with Crippen molar-refractivity contribution in [1.29, 1.82) is 0 Å².